The van der Waals surface area contributed by atoms with Crippen molar-refractivity contribution in [1.29, 1.82) is 0 Å². The maximum Gasteiger partial charge on any atom is 0.326 e. The topological polar surface area (TPSA) is 194 Å². The molecule has 4 unspecified atom stereocenters. The number of hydrogen-bond donors (Lipinski definition) is 6. The van der Waals surface area contributed by atoms with Crippen LogP contribution in [-0.4, -0.2) is 87.6 Å². The van der Waals surface area contributed by atoms with Gasteiger partial charge in [0.1, 0.15) is 24.2 Å². The van der Waals surface area contributed by atoms with E-state index in [-0.39, 0.29) is 31.3 Å². The van der Waals surface area contributed by atoms with Gasteiger partial charge in [0.2, 0.25) is 17.7 Å². The second-order valence-corrected chi connectivity index (χ2v) is 12.2. The number of nitrogens with one attached hydrogen (secondary N) is 4. The average molecular weight is 584 g/mol. The fourth-order valence-corrected chi connectivity index (χ4v) is 4.75. The van der Waals surface area contributed by atoms with E-state index in [4.69, 9.17) is 0 Å². The summed E-state index contributed by atoms with van der Waals surface area (Å²) >= 11 is 0. The quantitative estimate of drug-likeness (QED) is 0.178. The van der Waals surface area contributed by atoms with Crippen molar-refractivity contribution in [1.82, 2.24) is 26.2 Å². The minimum absolute atomic E-state index is 0.0576. The van der Waals surface area contributed by atoms with E-state index in [2.05, 4.69) is 21.3 Å². The van der Waals surface area contributed by atoms with E-state index in [1.165, 1.54) is 4.90 Å². The molecule has 0 saturated carbocycles. The Labute approximate surface area is 242 Å². The predicted molar refractivity (Wildman–Crippen MR) is 152 cm³/mol. The zero-order valence-electron chi connectivity index (χ0n) is 25.4. The zero-order chi connectivity index (χ0) is 31.5. The van der Waals surface area contributed by atoms with E-state index in [0.29, 0.717) is 12.8 Å². The molecule has 0 aromatic heterocycles. The Kier molecular flexibility index (Phi) is 14.1. The summed E-state index contributed by atoms with van der Waals surface area (Å²) in [5.41, 5.74) is -0.700. The van der Waals surface area contributed by atoms with Crippen LogP contribution in [0.1, 0.15) is 93.4 Å². The molecule has 1 heterocycles. The van der Waals surface area contributed by atoms with Crippen LogP contribution in [0.25, 0.3) is 0 Å². The number of likely N-dealkylation sites (tertiary alicyclic amines) is 1. The van der Waals surface area contributed by atoms with Gasteiger partial charge in [0.05, 0.1) is 6.42 Å². The predicted octanol–water partition coefficient (Wildman–Crippen LogP) is 1.85. The summed E-state index contributed by atoms with van der Waals surface area (Å²) in [5, 5.41) is 29.3. The lowest BCUT2D eigenvalue weighted by Gasteiger charge is -2.40. The van der Waals surface area contributed by atoms with Crippen molar-refractivity contribution in [3.05, 3.63) is 0 Å². The van der Waals surface area contributed by atoms with Crippen LogP contribution in [0.2, 0.25) is 0 Å². The van der Waals surface area contributed by atoms with E-state index in [1.54, 1.807) is 34.6 Å². The standard InChI is InChI=1S/C28H49N5O8/c1-8-17(9-2)29-27(41)32-22(28(5,6)7)25(38)33-13-11-10-12-20(33)24(37)30-18(15-21(34)35)23(36)31-19(26(39)40)14-16(3)4/h16-20,22H,8-15H2,1-7H3,(H,30,37)(H,31,36)(H,34,35)(H,39,40)(H2,29,32,41). The lowest BCUT2D eigenvalue weighted by molar-refractivity contribution is -0.148. The molecular weight excluding hydrogens is 534 g/mol. The van der Waals surface area contributed by atoms with E-state index in [1.807, 2.05) is 13.8 Å². The third-order valence-corrected chi connectivity index (χ3v) is 7.13. The molecule has 13 heteroatoms. The first-order chi connectivity index (χ1) is 19.0. The number of piperidine rings is 1. The van der Waals surface area contributed by atoms with Crippen LogP contribution in [0.5, 0.6) is 0 Å². The monoisotopic (exact) mass is 583 g/mol. The van der Waals surface area contributed by atoms with Crippen molar-refractivity contribution in [3.8, 4) is 0 Å². The van der Waals surface area contributed by atoms with Crippen molar-refractivity contribution < 1.29 is 39.0 Å². The molecule has 0 spiro atoms. The fraction of sp³-hybridized carbons (Fsp3) is 0.786. The van der Waals surface area contributed by atoms with Crippen LogP contribution in [0, 0.1) is 11.3 Å². The highest BCUT2D eigenvalue weighted by Gasteiger charge is 2.42. The lowest BCUT2D eigenvalue weighted by Crippen LogP contribution is -2.63. The summed E-state index contributed by atoms with van der Waals surface area (Å²) in [4.78, 5) is 77.4. The molecule has 4 atom stereocenters. The molecule has 1 aliphatic rings. The van der Waals surface area contributed by atoms with E-state index in [0.717, 1.165) is 12.8 Å². The second-order valence-electron chi connectivity index (χ2n) is 12.2. The first-order valence-corrected chi connectivity index (χ1v) is 14.4. The smallest absolute Gasteiger partial charge is 0.326 e. The zero-order valence-corrected chi connectivity index (χ0v) is 25.4. The highest BCUT2D eigenvalue weighted by molar-refractivity contribution is 5.96. The molecule has 1 fully saturated rings. The normalized spacial score (nSPS) is 17.8. The van der Waals surface area contributed by atoms with Gasteiger partial charge in [0, 0.05) is 12.6 Å². The Bertz CT molecular complexity index is 944. The number of hydrogen-bond acceptors (Lipinski definition) is 6. The summed E-state index contributed by atoms with van der Waals surface area (Å²) in [7, 11) is 0. The van der Waals surface area contributed by atoms with Gasteiger partial charge in [-0.25, -0.2) is 9.59 Å². The highest BCUT2D eigenvalue weighted by Crippen LogP contribution is 2.26. The van der Waals surface area contributed by atoms with E-state index < -0.39 is 71.7 Å². The molecule has 0 aliphatic carbocycles. The summed E-state index contributed by atoms with van der Waals surface area (Å²) in [6.45, 7) is 13.1. The number of rotatable bonds is 14. The molecule has 0 aromatic rings. The molecule has 0 bridgehead atoms. The van der Waals surface area contributed by atoms with Crippen LogP contribution in [0.4, 0.5) is 4.79 Å². The molecular formula is C28H49N5O8. The Morgan fingerprint density at radius 1 is 0.878 bits per heavy atom. The lowest BCUT2D eigenvalue weighted by atomic mass is 9.85. The summed E-state index contributed by atoms with van der Waals surface area (Å²) < 4.78 is 0. The highest BCUT2D eigenvalue weighted by atomic mass is 16.4. The van der Waals surface area contributed by atoms with Gasteiger partial charge in [-0.3, -0.25) is 19.2 Å². The van der Waals surface area contributed by atoms with Crippen LogP contribution < -0.4 is 21.3 Å². The van der Waals surface area contributed by atoms with Crippen LogP contribution in [-0.2, 0) is 24.0 Å². The van der Waals surface area contributed by atoms with Crippen molar-refractivity contribution in [2.24, 2.45) is 11.3 Å². The van der Waals surface area contributed by atoms with Gasteiger partial charge in [0.15, 0.2) is 0 Å². The van der Waals surface area contributed by atoms with Crippen molar-refractivity contribution >= 4 is 35.7 Å². The average Bonchev–Trinajstić information content (AvgIpc) is 2.87. The Morgan fingerprint density at radius 2 is 1.49 bits per heavy atom. The fourth-order valence-electron chi connectivity index (χ4n) is 4.75. The summed E-state index contributed by atoms with van der Waals surface area (Å²) in [6, 6.07) is -5.31. The number of amides is 5. The molecule has 1 aliphatic heterocycles. The van der Waals surface area contributed by atoms with Gasteiger partial charge >= 0.3 is 18.0 Å². The van der Waals surface area contributed by atoms with Crippen LogP contribution >= 0.6 is 0 Å². The number of carbonyl (C=O) groups excluding carboxylic acids is 4. The number of carboxylic acid groups (broad SMARTS) is 2. The number of urea groups is 1. The first-order valence-electron chi connectivity index (χ1n) is 14.4. The molecule has 234 valence electrons. The van der Waals surface area contributed by atoms with Gasteiger partial charge in [-0.1, -0.05) is 48.5 Å². The molecule has 5 amide bonds. The number of carboxylic acids is 2. The van der Waals surface area contributed by atoms with Crippen LogP contribution in [0.15, 0.2) is 0 Å². The first kappa shape index (κ1) is 35.6. The summed E-state index contributed by atoms with van der Waals surface area (Å²) in [5.74, 6) is -4.81. The van der Waals surface area contributed by atoms with Crippen molar-refractivity contribution in [2.75, 3.05) is 6.54 Å². The van der Waals surface area contributed by atoms with Crippen LogP contribution in [0.3, 0.4) is 0 Å². The number of aliphatic carboxylic acids is 2. The van der Waals surface area contributed by atoms with Crippen molar-refractivity contribution in [2.45, 2.75) is 124 Å². The third kappa shape index (κ3) is 11.6. The second kappa shape index (κ2) is 16.2. The Hall–Kier alpha value is -3.38. The van der Waals surface area contributed by atoms with Gasteiger partial charge in [-0.15, -0.1) is 0 Å². The van der Waals surface area contributed by atoms with Gasteiger partial charge in [-0.2, -0.15) is 0 Å². The van der Waals surface area contributed by atoms with Gasteiger partial charge in [-0.05, 0) is 49.9 Å². The SMILES string of the molecule is CCC(CC)NC(=O)NC(C(=O)N1CCCCC1C(=O)NC(CC(=O)O)C(=O)NC(CC(C)C)C(=O)O)C(C)(C)C. The van der Waals surface area contributed by atoms with E-state index in [9.17, 15) is 39.0 Å². The number of nitrogens with zero attached hydrogens (tertiary/aromatic N) is 1. The van der Waals surface area contributed by atoms with E-state index >= 15 is 0 Å². The molecule has 0 aromatic carbocycles. The third-order valence-electron chi connectivity index (χ3n) is 7.13. The molecule has 1 rings (SSSR count). The molecule has 13 nitrogen and oxygen atoms in total. The maximum absolute atomic E-state index is 13.8. The molecule has 0 radical (unpaired) electrons. The maximum atomic E-state index is 13.8. The van der Waals surface area contributed by atoms with Gasteiger partial charge < -0.3 is 36.4 Å². The molecule has 1 saturated heterocycles. The van der Waals surface area contributed by atoms with Gasteiger partial charge in [0.25, 0.3) is 0 Å². The largest absolute Gasteiger partial charge is 0.481 e. The Balaban J connectivity index is 3.17. The number of carbonyl (C=O) groups is 6. The Morgan fingerprint density at radius 3 is 1.98 bits per heavy atom. The summed E-state index contributed by atoms with van der Waals surface area (Å²) in [6.07, 6.45) is 2.32. The minimum Gasteiger partial charge on any atom is -0.481 e. The molecule has 41 heavy (non-hydrogen) atoms. The minimum atomic E-state index is -1.55. The molecule has 6 N–H and O–H groups in total. The van der Waals surface area contributed by atoms with Crippen molar-refractivity contribution in [3.63, 3.8) is 0 Å².